The minimum absolute atomic E-state index is 0.00511. The Morgan fingerprint density at radius 3 is 2.24 bits per heavy atom. The Bertz CT molecular complexity index is 1530. The summed E-state index contributed by atoms with van der Waals surface area (Å²) in [6, 6.07) is 12.8. The topological polar surface area (TPSA) is 110 Å². The lowest BCUT2D eigenvalue weighted by Gasteiger charge is -2.13. The Kier molecular flexibility index (Phi) is 8.02. The van der Waals surface area contributed by atoms with Crippen molar-refractivity contribution in [2.75, 3.05) is 19.8 Å². The summed E-state index contributed by atoms with van der Waals surface area (Å²) < 4.78 is 45.6. The number of nitrogens with zero attached hydrogens (tertiary/aromatic N) is 4. The van der Waals surface area contributed by atoms with E-state index >= 15 is 0 Å². The first-order chi connectivity index (χ1) is 18.1. The van der Waals surface area contributed by atoms with E-state index in [1.165, 1.54) is 35.9 Å². The fraction of sp³-hybridized carbons (Fsp3) is 0.320. The second kappa shape index (κ2) is 11.2. The number of aryl methyl sites for hydroxylation is 1. The molecule has 2 heterocycles. The molecule has 0 radical (unpaired) electrons. The number of aromatic nitrogens is 4. The molecule has 13 heteroatoms. The summed E-state index contributed by atoms with van der Waals surface area (Å²) in [6.07, 6.45) is -3.29. The lowest BCUT2D eigenvalue weighted by molar-refractivity contribution is -0.158. The zero-order valence-corrected chi connectivity index (χ0v) is 21.3. The molecule has 0 amide bonds. The molecule has 2 aromatic heterocycles. The molecule has 0 unspecified atom stereocenters. The highest BCUT2D eigenvalue weighted by atomic mass is 35.5. The van der Waals surface area contributed by atoms with E-state index in [0.29, 0.717) is 17.7 Å². The standard InChI is InChI=1S/C25H25ClF2N4O6/c1-25(27,28)38-19-9-7-18(8-10-19)36-13-14-37-23-29-21-20(22(34)31(11-12-33)24(35)30(21)2)32(23)15-16-3-5-17(26)6-4-16/h3-10,33H,11-15H2,1-2H3. The zero-order valence-electron chi connectivity index (χ0n) is 20.6. The molecule has 0 atom stereocenters. The van der Waals surface area contributed by atoms with Crippen LogP contribution in [0.4, 0.5) is 8.78 Å². The highest BCUT2D eigenvalue weighted by Gasteiger charge is 2.23. The van der Waals surface area contributed by atoms with Gasteiger partial charge >= 0.3 is 11.8 Å². The Labute approximate surface area is 220 Å². The molecular weight excluding hydrogens is 526 g/mol. The summed E-state index contributed by atoms with van der Waals surface area (Å²) in [5, 5.41) is 9.90. The molecule has 202 valence electrons. The first-order valence-corrected chi connectivity index (χ1v) is 11.9. The Hall–Kier alpha value is -3.90. The van der Waals surface area contributed by atoms with Crippen LogP contribution < -0.4 is 25.5 Å². The smallest absolute Gasteiger partial charge is 0.394 e. The van der Waals surface area contributed by atoms with Crippen molar-refractivity contribution in [1.29, 1.82) is 0 Å². The fourth-order valence-corrected chi connectivity index (χ4v) is 3.91. The highest BCUT2D eigenvalue weighted by Crippen LogP contribution is 2.24. The molecule has 10 nitrogen and oxygen atoms in total. The van der Waals surface area contributed by atoms with Crippen LogP contribution in [0.5, 0.6) is 17.5 Å². The number of aliphatic hydroxyl groups is 1. The quantitative estimate of drug-likeness (QED) is 0.286. The number of ether oxygens (including phenoxy) is 3. The van der Waals surface area contributed by atoms with Crippen LogP contribution in [0.3, 0.4) is 0 Å². The van der Waals surface area contributed by atoms with Gasteiger partial charge in [0.25, 0.3) is 11.6 Å². The first kappa shape index (κ1) is 27.1. The molecule has 0 fully saturated rings. The molecule has 4 aromatic rings. The van der Waals surface area contributed by atoms with Crippen molar-refractivity contribution >= 4 is 22.8 Å². The highest BCUT2D eigenvalue weighted by molar-refractivity contribution is 6.30. The van der Waals surface area contributed by atoms with Crippen molar-refractivity contribution in [3.05, 3.63) is 80.0 Å². The zero-order chi connectivity index (χ0) is 27.4. The van der Waals surface area contributed by atoms with Crippen LogP contribution in [-0.2, 0) is 20.1 Å². The van der Waals surface area contributed by atoms with Gasteiger partial charge < -0.3 is 19.3 Å². The van der Waals surface area contributed by atoms with Gasteiger partial charge in [-0.3, -0.25) is 18.5 Å². The van der Waals surface area contributed by atoms with Crippen LogP contribution in [-0.4, -0.2) is 49.7 Å². The second-order valence-electron chi connectivity index (χ2n) is 8.38. The lowest BCUT2D eigenvalue weighted by Crippen LogP contribution is -2.40. The molecule has 0 saturated heterocycles. The lowest BCUT2D eigenvalue weighted by atomic mass is 10.2. The van der Waals surface area contributed by atoms with Gasteiger partial charge in [0, 0.05) is 19.0 Å². The number of imidazole rings is 1. The Morgan fingerprint density at radius 1 is 0.974 bits per heavy atom. The molecule has 0 aliphatic rings. The number of rotatable bonds is 11. The molecule has 0 aliphatic heterocycles. The van der Waals surface area contributed by atoms with Crippen molar-refractivity contribution in [2.24, 2.45) is 7.05 Å². The molecule has 2 aromatic carbocycles. The van der Waals surface area contributed by atoms with Crippen LogP contribution in [0, 0.1) is 0 Å². The third-order valence-electron chi connectivity index (χ3n) is 5.48. The summed E-state index contributed by atoms with van der Waals surface area (Å²) in [4.78, 5) is 30.3. The molecule has 4 rings (SSSR count). The average molecular weight is 551 g/mol. The maximum atomic E-state index is 13.2. The number of benzene rings is 2. The summed E-state index contributed by atoms with van der Waals surface area (Å²) in [7, 11) is 1.48. The molecule has 38 heavy (non-hydrogen) atoms. The van der Waals surface area contributed by atoms with Gasteiger partial charge in [-0.15, -0.1) is 0 Å². The predicted octanol–water partition coefficient (Wildman–Crippen LogP) is 3.04. The minimum Gasteiger partial charge on any atom is -0.490 e. The van der Waals surface area contributed by atoms with Gasteiger partial charge in [0.2, 0.25) is 0 Å². The number of hydrogen-bond donors (Lipinski definition) is 1. The number of fused-ring (bicyclic) bond motifs is 1. The molecular formula is C25H25ClF2N4O6. The maximum absolute atomic E-state index is 13.2. The third kappa shape index (κ3) is 6.14. The van der Waals surface area contributed by atoms with Crippen LogP contribution in [0.15, 0.2) is 58.1 Å². The predicted molar refractivity (Wildman–Crippen MR) is 136 cm³/mol. The Morgan fingerprint density at radius 2 is 1.61 bits per heavy atom. The SMILES string of the molecule is Cn1c(=O)n(CCO)c(=O)c2c1nc(OCCOc1ccc(OC(C)(F)F)cc1)n2Cc1ccc(Cl)cc1. The van der Waals surface area contributed by atoms with Crippen molar-refractivity contribution in [1.82, 2.24) is 18.7 Å². The maximum Gasteiger partial charge on any atom is 0.394 e. The van der Waals surface area contributed by atoms with E-state index in [4.69, 9.17) is 21.1 Å². The van der Waals surface area contributed by atoms with Crippen molar-refractivity contribution in [3.63, 3.8) is 0 Å². The Balaban J connectivity index is 1.58. The molecule has 0 saturated carbocycles. The molecule has 0 bridgehead atoms. The van der Waals surface area contributed by atoms with E-state index in [1.54, 1.807) is 28.8 Å². The number of alkyl halides is 2. The second-order valence-corrected chi connectivity index (χ2v) is 8.82. The van der Waals surface area contributed by atoms with Gasteiger partial charge in [0.15, 0.2) is 11.2 Å². The van der Waals surface area contributed by atoms with Gasteiger partial charge in [-0.05, 0) is 42.0 Å². The number of hydrogen-bond acceptors (Lipinski definition) is 7. The summed E-state index contributed by atoms with van der Waals surface area (Å²) >= 11 is 6.00. The van der Waals surface area contributed by atoms with E-state index in [9.17, 15) is 23.5 Å². The normalized spacial score (nSPS) is 11.6. The third-order valence-corrected chi connectivity index (χ3v) is 5.73. The van der Waals surface area contributed by atoms with E-state index in [-0.39, 0.29) is 55.8 Å². The summed E-state index contributed by atoms with van der Waals surface area (Å²) in [5.41, 5.74) is -0.158. The number of aliphatic hydroxyl groups excluding tert-OH is 1. The molecule has 0 aliphatic carbocycles. The summed E-state index contributed by atoms with van der Waals surface area (Å²) in [5.74, 6) is 0.402. The van der Waals surface area contributed by atoms with E-state index < -0.39 is 17.4 Å². The summed E-state index contributed by atoms with van der Waals surface area (Å²) in [6.45, 7) is 0.378. The van der Waals surface area contributed by atoms with Gasteiger partial charge in [-0.1, -0.05) is 23.7 Å². The van der Waals surface area contributed by atoms with Crippen molar-refractivity contribution < 1.29 is 28.1 Å². The molecule has 0 spiro atoms. The van der Waals surface area contributed by atoms with Crippen LogP contribution in [0.25, 0.3) is 11.2 Å². The first-order valence-electron chi connectivity index (χ1n) is 11.6. The van der Waals surface area contributed by atoms with E-state index in [1.807, 2.05) is 0 Å². The largest absolute Gasteiger partial charge is 0.490 e. The minimum atomic E-state index is -3.29. The van der Waals surface area contributed by atoms with Gasteiger partial charge in [0.05, 0.1) is 19.7 Å². The van der Waals surface area contributed by atoms with Crippen LogP contribution in [0.1, 0.15) is 12.5 Å². The van der Waals surface area contributed by atoms with Crippen molar-refractivity contribution in [3.8, 4) is 17.5 Å². The van der Waals surface area contributed by atoms with Crippen LogP contribution >= 0.6 is 11.6 Å². The van der Waals surface area contributed by atoms with Crippen LogP contribution in [0.2, 0.25) is 5.02 Å². The fourth-order valence-electron chi connectivity index (χ4n) is 3.78. The van der Waals surface area contributed by atoms with Gasteiger partial charge in [0.1, 0.15) is 24.7 Å². The monoisotopic (exact) mass is 550 g/mol. The molecule has 1 N–H and O–H groups in total. The van der Waals surface area contributed by atoms with E-state index in [2.05, 4.69) is 9.72 Å². The van der Waals surface area contributed by atoms with E-state index in [0.717, 1.165) is 10.1 Å². The van der Waals surface area contributed by atoms with Crippen molar-refractivity contribution in [2.45, 2.75) is 26.1 Å². The number of halogens is 3. The van der Waals surface area contributed by atoms with Gasteiger partial charge in [-0.25, -0.2) is 4.79 Å². The van der Waals surface area contributed by atoms with Gasteiger partial charge in [-0.2, -0.15) is 13.8 Å². The average Bonchev–Trinajstić information content (AvgIpc) is 3.23.